The molecule has 0 atom stereocenters. The van der Waals surface area contributed by atoms with Crippen LogP contribution < -0.4 is 0 Å². The molecule has 124 valence electrons. The van der Waals surface area contributed by atoms with E-state index in [1.165, 1.54) is 0 Å². The van der Waals surface area contributed by atoms with Crippen molar-refractivity contribution in [1.29, 1.82) is 10.5 Å². The first-order chi connectivity index (χ1) is 10.2. The normalized spacial score (nSPS) is 12.7. The minimum atomic E-state index is -6.12. The lowest BCUT2D eigenvalue weighted by Gasteiger charge is -2.21. The van der Waals surface area contributed by atoms with E-state index in [9.17, 15) is 43.9 Å². The molecular formula is C11F10N2. The summed E-state index contributed by atoms with van der Waals surface area (Å²) in [5.41, 5.74) is -13.8. The maximum absolute atomic E-state index is 13.6. The highest BCUT2D eigenvalue weighted by molar-refractivity contribution is 5.59. The smallest absolute Gasteiger partial charge is 0.205 e. The number of hydrogen-bond acceptors (Lipinski definition) is 2. The molecule has 0 saturated heterocycles. The molecule has 0 spiro atoms. The van der Waals surface area contributed by atoms with Gasteiger partial charge in [-0.1, -0.05) is 0 Å². The van der Waals surface area contributed by atoms with Crippen molar-refractivity contribution in [2.45, 2.75) is 18.5 Å². The zero-order chi connectivity index (χ0) is 18.4. The van der Waals surface area contributed by atoms with Gasteiger partial charge in [0.25, 0.3) is 0 Å². The summed E-state index contributed by atoms with van der Waals surface area (Å²) in [4.78, 5) is 0. The summed E-state index contributed by atoms with van der Waals surface area (Å²) in [7, 11) is 0. The van der Waals surface area contributed by atoms with Crippen LogP contribution in [-0.4, -0.2) is 0 Å². The largest absolute Gasteiger partial charge is 0.419 e. The Hall–Kier alpha value is -2.50. The molecule has 0 bridgehead atoms. The third-order valence-electron chi connectivity index (χ3n) is 2.51. The molecule has 0 aromatic heterocycles. The molecule has 1 rings (SSSR count). The number of halogens is 10. The second-order valence-electron chi connectivity index (χ2n) is 3.91. The fraction of sp³-hybridized carbons (Fsp3) is 0.273. The van der Waals surface area contributed by atoms with E-state index in [0.717, 1.165) is 0 Å². The van der Waals surface area contributed by atoms with E-state index < -0.39 is 52.2 Å². The molecule has 1 aromatic carbocycles. The molecule has 0 unspecified atom stereocenters. The first-order valence-corrected chi connectivity index (χ1v) is 5.09. The Morgan fingerprint density at radius 1 is 0.565 bits per heavy atom. The summed E-state index contributed by atoms with van der Waals surface area (Å²) in [6.45, 7) is 0. The van der Waals surface area contributed by atoms with Gasteiger partial charge in [-0.2, -0.15) is 50.0 Å². The zero-order valence-electron chi connectivity index (χ0n) is 10.2. The van der Waals surface area contributed by atoms with E-state index in [2.05, 4.69) is 0 Å². The number of nitriles is 2. The molecule has 0 N–H and O–H groups in total. The van der Waals surface area contributed by atoms with E-state index in [0.29, 0.717) is 12.1 Å². The molecule has 0 radical (unpaired) electrons. The highest BCUT2D eigenvalue weighted by Crippen LogP contribution is 2.48. The summed E-state index contributed by atoms with van der Waals surface area (Å²) in [5.74, 6) is -3.04. The SMILES string of the molecule is N#Cc1c(F)c(C(F)(F)F)c(C(F)(F)F)c(C#N)c1C(F)(F)F. The molecule has 12 heteroatoms. The molecule has 2 nitrogen and oxygen atoms in total. The second-order valence-corrected chi connectivity index (χ2v) is 3.91. The highest BCUT2D eigenvalue weighted by atomic mass is 19.4. The fourth-order valence-electron chi connectivity index (χ4n) is 1.77. The third-order valence-corrected chi connectivity index (χ3v) is 2.51. The Labute approximate surface area is 120 Å². The topological polar surface area (TPSA) is 47.6 Å². The van der Waals surface area contributed by atoms with Gasteiger partial charge in [-0.3, -0.25) is 0 Å². The molecule has 0 fully saturated rings. The van der Waals surface area contributed by atoms with Gasteiger partial charge in [-0.15, -0.1) is 0 Å². The molecule has 0 aliphatic heterocycles. The molecule has 0 aliphatic carbocycles. The Morgan fingerprint density at radius 3 is 1.17 bits per heavy atom. The Bertz CT molecular complexity index is 724. The number of rotatable bonds is 0. The third kappa shape index (κ3) is 3.16. The lowest BCUT2D eigenvalue weighted by Crippen LogP contribution is -2.25. The van der Waals surface area contributed by atoms with Crippen LogP contribution in [-0.2, 0) is 18.5 Å². The predicted octanol–water partition coefficient (Wildman–Crippen LogP) is 4.63. The molecule has 0 heterocycles. The average Bonchev–Trinajstić information content (AvgIpc) is 2.33. The first-order valence-electron chi connectivity index (χ1n) is 5.09. The van der Waals surface area contributed by atoms with Crippen LogP contribution in [0.15, 0.2) is 0 Å². The van der Waals surface area contributed by atoms with Gasteiger partial charge in [0, 0.05) is 0 Å². The van der Waals surface area contributed by atoms with Crippen molar-refractivity contribution in [3.8, 4) is 12.1 Å². The average molecular weight is 350 g/mol. The minimum absolute atomic E-state index is 0.334. The van der Waals surface area contributed by atoms with Crippen LogP contribution in [0, 0.1) is 28.5 Å². The standard InChI is InChI=1S/C11F10N2/c12-8-4(2-23)5(9(13,14)15)3(1-22)6(10(16,17)18)7(8)11(19,20)21. The van der Waals surface area contributed by atoms with Crippen LogP contribution in [0.5, 0.6) is 0 Å². The van der Waals surface area contributed by atoms with Crippen molar-refractivity contribution in [1.82, 2.24) is 0 Å². The zero-order valence-corrected chi connectivity index (χ0v) is 10.2. The molecule has 0 aliphatic rings. The van der Waals surface area contributed by atoms with Crippen LogP contribution in [0.2, 0.25) is 0 Å². The van der Waals surface area contributed by atoms with Gasteiger partial charge >= 0.3 is 18.5 Å². The number of nitrogens with zero attached hydrogens (tertiary/aromatic N) is 2. The fourth-order valence-corrected chi connectivity index (χ4v) is 1.77. The monoisotopic (exact) mass is 350 g/mol. The molecule has 23 heavy (non-hydrogen) atoms. The summed E-state index contributed by atoms with van der Waals surface area (Å²) >= 11 is 0. The van der Waals surface area contributed by atoms with Gasteiger partial charge in [-0.05, 0) is 0 Å². The van der Waals surface area contributed by atoms with Crippen molar-refractivity contribution in [3.05, 3.63) is 33.6 Å². The lowest BCUT2D eigenvalue weighted by molar-refractivity contribution is -0.165. The van der Waals surface area contributed by atoms with E-state index in [-0.39, 0.29) is 0 Å². The van der Waals surface area contributed by atoms with E-state index >= 15 is 0 Å². The maximum atomic E-state index is 13.6. The van der Waals surface area contributed by atoms with E-state index in [4.69, 9.17) is 10.5 Å². The Balaban J connectivity index is 4.31. The molecule has 0 saturated carbocycles. The summed E-state index contributed by atoms with van der Waals surface area (Å²) in [5, 5.41) is 16.9. The van der Waals surface area contributed by atoms with Gasteiger partial charge in [-0.25, -0.2) is 4.39 Å². The van der Waals surface area contributed by atoms with Gasteiger partial charge in [0.1, 0.15) is 23.3 Å². The summed E-state index contributed by atoms with van der Waals surface area (Å²) < 4.78 is 128. The maximum Gasteiger partial charge on any atom is 0.419 e. The van der Waals surface area contributed by atoms with Crippen molar-refractivity contribution in [2.24, 2.45) is 0 Å². The van der Waals surface area contributed by atoms with Gasteiger partial charge < -0.3 is 0 Å². The van der Waals surface area contributed by atoms with Crippen LogP contribution >= 0.6 is 0 Å². The Kier molecular flexibility index (Phi) is 4.27. The lowest BCUT2D eigenvalue weighted by atomic mass is 9.90. The quantitative estimate of drug-likeness (QED) is 0.641. The summed E-state index contributed by atoms with van der Waals surface area (Å²) in [6.07, 6.45) is -18.1. The highest BCUT2D eigenvalue weighted by Gasteiger charge is 2.52. The van der Waals surface area contributed by atoms with E-state index in [1.807, 2.05) is 0 Å². The van der Waals surface area contributed by atoms with Crippen LogP contribution in [0.1, 0.15) is 27.8 Å². The molecule has 0 amide bonds. The van der Waals surface area contributed by atoms with Crippen LogP contribution in [0.4, 0.5) is 43.9 Å². The predicted molar refractivity (Wildman–Crippen MR) is 50.8 cm³/mol. The first kappa shape index (κ1) is 18.5. The second kappa shape index (κ2) is 5.30. The minimum Gasteiger partial charge on any atom is -0.205 e. The van der Waals surface area contributed by atoms with Gasteiger partial charge in [0.2, 0.25) is 0 Å². The van der Waals surface area contributed by atoms with E-state index in [1.54, 1.807) is 0 Å². The van der Waals surface area contributed by atoms with Crippen molar-refractivity contribution >= 4 is 0 Å². The number of benzene rings is 1. The van der Waals surface area contributed by atoms with Crippen molar-refractivity contribution < 1.29 is 43.9 Å². The number of hydrogen-bond donors (Lipinski definition) is 0. The van der Waals surface area contributed by atoms with Gasteiger partial charge in [0.05, 0.1) is 16.7 Å². The number of alkyl halides is 9. The van der Waals surface area contributed by atoms with Crippen molar-refractivity contribution in [3.63, 3.8) is 0 Å². The molecular weight excluding hydrogens is 350 g/mol. The van der Waals surface area contributed by atoms with Crippen molar-refractivity contribution in [2.75, 3.05) is 0 Å². The Morgan fingerprint density at radius 2 is 0.913 bits per heavy atom. The van der Waals surface area contributed by atoms with Crippen LogP contribution in [0.3, 0.4) is 0 Å². The van der Waals surface area contributed by atoms with Crippen LogP contribution in [0.25, 0.3) is 0 Å². The van der Waals surface area contributed by atoms with Gasteiger partial charge in [0.15, 0.2) is 5.82 Å². The molecule has 1 aromatic rings. The summed E-state index contributed by atoms with van der Waals surface area (Å²) in [6, 6.07) is 0.757.